The van der Waals surface area contributed by atoms with Crippen molar-refractivity contribution in [2.75, 3.05) is 36.2 Å². The molecule has 1 aromatic heterocycles. The van der Waals surface area contributed by atoms with Crippen LogP contribution >= 0.6 is 11.3 Å². The number of carbonyl (C=O) groups excluding carboxylic acids is 3. The van der Waals surface area contributed by atoms with Crippen LogP contribution in [-0.4, -0.2) is 59.8 Å². The molecule has 1 heterocycles. The first-order valence-corrected chi connectivity index (χ1v) is 14.5. The summed E-state index contributed by atoms with van der Waals surface area (Å²) >= 11 is 1.20. The molecule has 3 amide bonds. The molecule has 10 nitrogen and oxygen atoms in total. The lowest BCUT2D eigenvalue weighted by molar-refractivity contribution is 0.0635. The third-order valence-corrected chi connectivity index (χ3v) is 6.81. The van der Waals surface area contributed by atoms with E-state index in [2.05, 4.69) is 15.6 Å². The van der Waals surface area contributed by atoms with E-state index in [1.165, 1.54) is 11.3 Å². The first kappa shape index (κ1) is 32.4. The Bertz CT molecular complexity index is 1450. The molecule has 0 unspecified atom stereocenters. The van der Waals surface area contributed by atoms with Gasteiger partial charge in [-0.2, -0.15) is 0 Å². The molecule has 0 aliphatic carbocycles. The Balaban J connectivity index is 1.99. The minimum absolute atomic E-state index is 0.263. The summed E-state index contributed by atoms with van der Waals surface area (Å²) in [6, 6.07) is 10.6. The number of rotatable bonds is 7. The van der Waals surface area contributed by atoms with Crippen molar-refractivity contribution in [2.45, 2.75) is 66.5 Å². The number of hydrogen-bond acceptors (Lipinski definition) is 8. The van der Waals surface area contributed by atoms with Crippen LogP contribution in [-0.2, 0) is 4.74 Å². The predicted molar refractivity (Wildman–Crippen MR) is 169 cm³/mol. The van der Waals surface area contributed by atoms with Gasteiger partial charge in [0.1, 0.15) is 11.4 Å². The number of hydrogen-bond donors (Lipinski definition) is 2. The normalized spacial score (nSPS) is 11.5. The van der Waals surface area contributed by atoms with Crippen LogP contribution in [0.4, 0.5) is 26.1 Å². The van der Waals surface area contributed by atoms with Gasteiger partial charge >= 0.3 is 12.2 Å². The highest BCUT2D eigenvalue weighted by Gasteiger charge is 2.28. The van der Waals surface area contributed by atoms with E-state index < -0.39 is 23.3 Å². The molecular formula is C31H41N5O5S. The number of amides is 3. The van der Waals surface area contributed by atoms with Gasteiger partial charge in [0.15, 0.2) is 5.13 Å². The number of benzene rings is 2. The molecule has 42 heavy (non-hydrogen) atoms. The third kappa shape index (κ3) is 8.45. The molecule has 226 valence electrons. The SMILES string of the molecule is CCN(C(=O)Oc1ccc(NC(=O)c2ccc(C)cc2N(C)C)cc1-c1csc(NC(=O)OC(C)(C)C)n1)C(C)(C)C. The number of aryl methyl sites for hydroxylation is 1. The smallest absolute Gasteiger partial charge is 0.415 e. The van der Waals surface area contributed by atoms with Gasteiger partial charge in [-0.25, -0.2) is 14.6 Å². The Kier molecular flexibility index (Phi) is 9.88. The first-order chi connectivity index (χ1) is 19.5. The van der Waals surface area contributed by atoms with Crippen LogP contribution in [0.15, 0.2) is 41.8 Å². The van der Waals surface area contributed by atoms with Crippen LogP contribution in [0, 0.1) is 6.92 Å². The van der Waals surface area contributed by atoms with E-state index in [0.29, 0.717) is 34.2 Å². The Morgan fingerprint density at radius 3 is 2.26 bits per heavy atom. The number of aromatic nitrogens is 1. The largest absolute Gasteiger partial charge is 0.444 e. The quantitative estimate of drug-likeness (QED) is 0.293. The lowest BCUT2D eigenvalue weighted by atomic mass is 10.1. The zero-order chi connectivity index (χ0) is 31.4. The van der Waals surface area contributed by atoms with Crippen molar-refractivity contribution in [3.63, 3.8) is 0 Å². The van der Waals surface area contributed by atoms with E-state index in [9.17, 15) is 14.4 Å². The summed E-state index contributed by atoms with van der Waals surface area (Å²) in [7, 11) is 3.77. The van der Waals surface area contributed by atoms with E-state index in [-0.39, 0.29) is 11.7 Å². The highest BCUT2D eigenvalue weighted by Crippen LogP contribution is 2.36. The van der Waals surface area contributed by atoms with Crippen LogP contribution in [0.2, 0.25) is 0 Å². The van der Waals surface area contributed by atoms with Crippen molar-refractivity contribution in [3.05, 3.63) is 52.9 Å². The van der Waals surface area contributed by atoms with Crippen LogP contribution in [0.5, 0.6) is 5.75 Å². The van der Waals surface area contributed by atoms with Crippen molar-refractivity contribution >= 4 is 45.9 Å². The summed E-state index contributed by atoms with van der Waals surface area (Å²) in [6.45, 7) is 15.4. The van der Waals surface area contributed by atoms with Gasteiger partial charge in [0.25, 0.3) is 5.91 Å². The zero-order valence-electron chi connectivity index (χ0n) is 26.0. The Morgan fingerprint density at radius 1 is 0.976 bits per heavy atom. The molecule has 0 saturated carbocycles. The second-order valence-corrected chi connectivity index (χ2v) is 12.9. The summed E-state index contributed by atoms with van der Waals surface area (Å²) in [5.74, 6) is -0.0241. The summed E-state index contributed by atoms with van der Waals surface area (Å²) in [5, 5.41) is 7.64. The Labute approximate surface area is 252 Å². The van der Waals surface area contributed by atoms with Crippen molar-refractivity contribution < 1.29 is 23.9 Å². The van der Waals surface area contributed by atoms with Gasteiger partial charge in [0.2, 0.25) is 0 Å². The van der Waals surface area contributed by atoms with E-state index in [1.54, 1.807) is 55.3 Å². The number of thiazole rings is 1. The first-order valence-electron chi connectivity index (χ1n) is 13.7. The highest BCUT2D eigenvalue weighted by atomic mass is 32.1. The molecule has 0 atom stereocenters. The van der Waals surface area contributed by atoms with Gasteiger partial charge in [-0.05, 0) is 91.3 Å². The summed E-state index contributed by atoms with van der Waals surface area (Å²) in [4.78, 5) is 46.9. The third-order valence-electron chi connectivity index (χ3n) is 6.05. The molecule has 0 radical (unpaired) electrons. The van der Waals surface area contributed by atoms with Crippen molar-refractivity contribution in [1.82, 2.24) is 9.88 Å². The molecule has 0 spiro atoms. The van der Waals surface area contributed by atoms with Gasteiger partial charge in [0, 0.05) is 48.5 Å². The molecular weight excluding hydrogens is 554 g/mol. The van der Waals surface area contributed by atoms with Crippen molar-refractivity contribution in [3.8, 4) is 17.0 Å². The van der Waals surface area contributed by atoms with Crippen molar-refractivity contribution in [1.29, 1.82) is 0 Å². The van der Waals surface area contributed by atoms with E-state index in [0.717, 1.165) is 11.3 Å². The van der Waals surface area contributed by atoms with Gasteiger partial charge in [-0.3, -0.25) is 10.1 Å². The van der Waals surface area contributed by atoms with E-state index in [1.807, 2.05) is 65.7 Å². The molecule has 0 saturated heterocycles. The fourth-order valence-corrected chi connectivity index (χ4v) is 4.87. The van der Waals surface area contributed by atoms with Gasteiger partial charge in [0.05, 0.1) is 11.3 Å². The molecule has 0 aliphatic heterocycles. The minimum Gasteiger partial charge on any atom is -0.444 e. The maximum Gasteiger partial charge on any atom is 0.415 e. The second kappa shape index (κ2) is 12.8. The number of ether oxygens (including phenoxy) is 2. The molecule has 2 N–H and O–H groups in total. The van der Waals surface area contributed by atoms with E-state index >= 15 is 0 Å². The molecule has 0 fully saturated rings. The Hall–Kier alpha value is -4.12. The topological polar surface area (TPSA) is 113 Å². The summed E-state index contributed by atoms with van der Waals surface area (Å²) < 4.78 is 11.2. The minimum atomic E-state index is -0.666. The second-order valence-electron chi connectivity index (χ2n) is 12.0. The molecule has 3 rings (SSSR count). The fourth-order valence-electron chi connectivity index (χ4n) is 4.17. The molecule has 0 aliphatic rings. The number of carbonyl (C=O) groups is 3. The lowest BCUT2D eigenvalue weighted by Gasteiger charge is -2.33. The fraction of sp³-hybridized carbons (Fsp3) is 0.419. The summed E-state index contributed by atoms with van der Waals surface area (Å²) in [5.41, 5.74) is 2.63. The van der Waals surface area contributed by atoms with E-state index in [4.69, 9.17) is 9.47 Å². The highest BCUT2D eigenvalue weighted by molar-refractivity contribution is 7.14. The molecule has 11 heteroatoms. The van der Waals surface area contributed by atoms with Crippen LogP contribution in [0.25, 0.3) is 11.3 Å². The zero-order valence-corrected chi connectivity index (χ0v) is 26.9. The molecule has 3 aromatic rings. The van der Waals surface area contributed by atoms with Crippen molar-refractivity contribution in [2.24, 2.45) is 0 Å². The van der Waals surface area contributed by atoms with Crippen LogP contribution in [0.1, 0.15) is 64.4 Å². The average Bonchev–Trinajstić information content (AvgIpc) is 3.31. The van der Waals surface area contributed by atoms with Gasteiger partial charge in [-0.1, -0.05) is 6.07 Å². The predicted octanol–water partition coefficient (Wildman–Crippen LogP) is 7.40. The standard InChI is InChI=1S/C31H41N5O5S/c1-11-36(30(3,4)5)29(39)40-25-15-13-20(32-26(37)21-14-12-19(2)16-24(21)35(9)10)17-22(25)23-18-42-27(33-23)34-28(38)41-31(6,7)8/h12-18H,11H2,1-10H3,(H,32,37)(H,33,34,38). The molecule has 2 aromatic carbocycles. The maximum absolute atomic E-state index is 13.3. The van der Waals surface area contributed by atoms with Gasteiger partial charge < -0.3 is 24.6 Å². The molecule has 0 bridgehead atoms. The number of nitrogens with one attached hydrogen (secondary N) is 2. The van der Waals surface area contributed by atoms with Gasteiger partial charge in [-0.15, -0.1) is 11.3 Å². The monoisotopic (exact) mass is 595 g/mol. The lowest BCUT2D eigenvalue weighted by Crippen LogP contribution is -2.46. The summed E-state index contributed by atoms with van der Waals surface area (Å²) in [6.07, 6.45) is -1.14. The van der Waals surface area contributed by atoms with Crippen LogP contribution < -0.4 is 20.3 Å². The number of anilines is 3. The average molecular weight is 596 g/mol. The maximum atomic E-state index is 13.3. The Morgan fingerprint density at radius 2 is 1.67 bits per heavy atom. The van der Waals surface area contributed by atoms with Crippen LogP contribution in [0.3, 0.4) is 0 Å². The number of nitrogens with zero attached hydrogens (tertiary/aromatic N) is 3.